The van der Waals surface area contributed by atoms with Crippen LogP contribution in [0.15, 0.2) is 18.2 Å². The number of amides is 2. The Morgan fingerprint density at radius 2 is 1.95 bits per heavy atom. The number of benzene rings is 1. The third kappa shape index (κ3) is 3.76. The van der Waals surface area contributed by atoms with E-state index in [4.69, 9.17) is 5.11 Å². The molecule has 1 aliphatic rings. The maximum Gasteiger partial charge on any atom is 0.317 e. The van der Waals surface area contributed by atoms with E-state index >= 15 is 0 Å². The van der Waals surface area contributed by atoms with Crippen LogP contribution in [0.4, 0.5) is 4.79 Å². The second kappa shape index (κ2) is 6.94. The van der Waals surface area contributed by atoms with Crippen LogP contribution in [-0.2, 0) is 12.8 Å². The summed E-state index contributed by atoms with van der Waals surface area (Å²) in [7, 11) is 1.70. The van der Waals surface area contributed by atoms with Gasteiger partial charge in [0.05, 0.1) is 18.7 Å². The summed E-state index contributed by atoms with van der Waals surface area (Å²) >= 11 is 0. The Hall–Kier alpha value is -1.55. The average Bonchev–Trinajstić information content (AvgIpc) is 2.52. The highest BCUT2D eigenvalue weighted by Crippen LogP contribution is 2.24. The van der Waals surface area contributed by atoms with Gasteiger partial charge in [-0.25, -0.2) is 4.79 Å². The third-order valence-corrected chi connectivity index (χ3v) is 4.46. The molecule has 2 unspecified atom stereocenters. The Morgan fingerprint density at radius 3 is 2.62 bits per heavy atom. The van der Waals surface area contributed by atoms with E-state index in [2.05, 4.69) is 23.5 Å². The highest BCUT2D eigenvalue weighted by atomic mass is 16.3. The largest absolute Gasteiger partial charge is 0.394 e. The second-order valence-electron chi connectivity index (χ2n) is 6.05. The summed E-state index contributed by atoms with van der Waals surface area (Å²) < 4.78 is 0. The van der Waals surface area contributed by atoms with Gasteiger partial charge in [-0.05, 0) is 56.2 Å². The summed E-state index contributed by atoms with van der Waals surface area (Å²) in [5.41, 5.74) is 4.03. The molecule has 2 rings (SSSR count). The van der Waals surface area contributed by atoms with E-state index < -0.39 is 0 Å². The van der Waals surface area contributed by atoms with Gasteiger partial charge in [0.15, 0.2) is 0 Å². The number of hydrogen-bond donors (Lipinski definition) is 2. The molecule has 1 aliphatic carbocycles. The average molecular weight is 290 g/mol. The van der Waals surface area contributed by atoms with Crippen LogP contribution in [0.3, 0.4) is 0 Å². The van der Waals surface area contributed by atoms with Crippen LogP contribution in [0, 0.1) is 0 Å². The number of carbonyl (C=O) groups is 1. The molecule has 116 valence electrons. The van der Waals surface area contributed by atoms with Gasteiger partial charge >= 0.3 is 6.03 Å². The summed E-state index contributed by atoms with van der Waals surface area (Å²) in [4.78, 5) is 13.7. The zero-order chi connectivity index (χ0) is 15.4. The quantitative estimate of drug-likeness (QED) is 0.895. The second-order valence-corrected chi connectivity index (χ2v) is 6.05. The maximum atomic E-state index is 12.1. The van der Waals surface area contributed by atoms with E-state index in [-0.39, 0.29) is 24.7 Å². The van der Waals surface area contributed by atoms with Gasteiger partial charge in [0.25, 0.3) is 0 Å². The minimum atomic E-state index is -0.180. The molecule has 0 aliphatic heterocycles. The van der Waals surface area contributed by atoms with Gasteiger partial charge in [-0.1, -0.05) is 18.2 Å². The van der Waals surface area contributed by atoms with Gasteiger partial charge in [0, 0.05) is 7.05 Å². The molecule has 4 nitrogen and oxygen atoms in total. The van der Waals surface area contributed by atoms with Crippen molar-refractivity contribution in [3.8, 4) is 0 Å². The molecule has 0 radical (unpaired) electrons. The predicted octanol–water partition coefficient (Wildman–Crippen LogP) is 2.65. The summed E-state index contributed by atoms with van der Waals surface area (Å²) in [6.45, 7) is 3.79. The van der Waals surface area contributed by atoms with Crippen molar-refractivity contribution in [1.29, 1.82) is 0 Å². The van der Waals surface area contributed by atoms with Crippen LogP contribution in [0.5, 0.6) is 0 Å². The molecule has 0 bridgehead atoms. The van der Waals surface area contributed by atoms with Crippen LogP contribution < -0.4 is 5.32 Å². The molecule has 0 aromatic heterocycles. The highest BCUT2D eigenvalue weighted by molar-refractivity contribution is 5.74. The Kier molecular flexibility index (Phi) is 5.23. The summed E-state index contributed by atoms with van der Waals surface area (Å²) in [5, 5.41) is 12.1. The van der Waals surface area contributed by atoms with Crippen LogP contribution >= 0.6 is 0 Å². The summed E-state index contributed by atoms with van der Waals surface area (Å²) in [6.07, 6.45) is 4.86. The van der Waals surface area contributed by atoms with Gasteiger partial charge in [0.2, 0.25) is 0 Å². The van der Waals surface area contributed by atoms with E-state index in [1.807, 2.05) is 13.8 Å². The van der Waals surface area contributed by atoms with Crippen LogP contribution in [0.2, 0.25) is 0 Å². The van der Waals surface area contributed by atoms with Crippen LogP contribution in [-0.4, -0.2) is 35.7 Å². The number of nitrogens with one attached hydrogen (secondary N) is 1. The molecule has 21 heavy (non-hydrogen) atoms. The Bertz CT molecular complexity index is 502. The number of likely N-dealkylation sites (N-methyl/N-ethyl adjacent to an activating group) is 1. The fraction of sp³-hybridized carbons (Fsp3) is 0.588. The van der Waals surface area contributed by atoms with Crippen molar-refractivity contribution in [2.45, 2.75) is 51.6 Å². The minimum Gasteiger partial charge on any atom is -0.394 e. The van der Waals surface area contributed by atoms with Crippen molar-refractivity contribution in [3.63, 3.8) is 0 Å². The number of fused-ring (bicyclic) bond motifs is 1. The lowest BCUT2D eigenvalue weighted by molar-refractivity contribution is 0.155. The number of aliphatic hydroxyl groups is 1. The molecule has 0 saturated heterocycles. The molecular formula is C17H26N2O2. The minimum absolute atomic E-state index is 0.0296. The van der Waals surface area contributed by atoms with Crippen LogP contribution in [0.25, 0.3) is 0 Å². The number of rotatable bonds is 4. The number of carbonyl (C=O) groups excluding carboxylic acids is 1. The van der Waals surface area contributed by atoms with Crippen molar-refractivity contribution in [3.05, 3.63) is 34.9 Å². The third-order valence-electron chi connectivity index (χ3n) is 4.46. The van der Waals surface area contributed by atoms with E-state index in [0.29, 0.717) is 0 Å². The number of urea groups is 1. The molecule has 2 N–H and O–H groups in total. The molecular weight excluding hydrogens is 264 g/mol. The normalized spacial score (nSPS) is 16.8. The lowest BCUT2D eigenvalue weighted by Crippen LogP contribution is -2.44. The first-order valence-electron chi connectivity index (χ1n) is 7.78. The molecule has 0 saturated carbocycles. The molecule has 1 aromatic rings. The fourth-order valence-electron chi connectivity index (χ4n) is 2.72. The van der Waals surface area contributed by atoms with Crippen molar-refractivity contribution in [2.75, 3.05) is 13.7 Å². The summed E-state index contributed by atoms with van der Waals surface area (Å²) in [6, 6.07) is 6.19. The van der Waals surface area contributed by atoms with Gasteiger partial charge in [-0.15, -0.1) is 0 Å². The number of aryl methyl sites for hydroxylation is 2. The molecule has 0 spiro atoms. The molecule has 0 fully saturated rings. The first-order valence-corrected chi connectivity index (χ1v) is 7.78. The van der Waals surface area contributed by atoms with Gasteiger partial charge in [-0.3, -0.25) is 0 Å². The zero-order valence-corrected chi connectivity index (χ0v) is 13.2. The number of aliphatic hydroxyl groups excluding tert-OH is 1. The number of hydrogen-bond acceptors (Lipinski definition) is 2. The van der Waals surface area contributed by atoms with E-state index in [9.17, 15) is 4.79 Å². The predicted molar refractivity (Wildman–Crippen MR) is 84.3 cm³/mol. The molecule has 1 aromatic carbocycles. The number of nitrogens with zero attached hydrogens (tertiary/aromatic N) is 1. The van der Waals surface area contributed by atoms with Crippen molar-refractivity contribution < 1.29 is 9.90 Å². The van der Waals surface area contributed by atoms with E-state index in [1.54, 1.807) is 7.05 Å². The molecule has 2 amide bonds. The van der Waals surface area contributed by atoms with Gasteiger partial charge in [-0.2, -0.15) is 0 Å². The lowest BCUT2D eigenvalue weighted by Gasteiger charge is -2.26. The van der Waals surface area contributed by atoms with E-state index in [0.717, 1.165) is 12.0 Å². The fourth-order valence-corrected chi connectivity index (χ4v) is 2.72. The van der Waals surface area contributed by atoms with Crippen molar-refractivity contribution in [2.24, 2.45) is 0 Å². The van der Waals surface area contributed by atoms with Crippen molar-refractivity contribution >= 4 is 6.03 Å². The Labute approximate surface area is 127 Å². The molecule has 4 heteroatoms. The van der Waals surface area contributed by atoms with Crippen LogP contribution in [0.1, 0.15) is 49.4 Å². The van der Waals surface area contributed by atoms with Gasteiger partial charge < -0.3 is 15.3 Å². The highest BCUT2D eigenvalue weighted by Gasteiger charge is 2.18. The Balaban J connectivity index is 2.03. The van der Waals surface area contributed by atoms with E-state index in [1.165, 1.54) is 35.3 Å². The zero-order valence-electron chi connectivity index (χ0n) is 13.2. The SMILES string of the molecule is CC(NC(=O)N(C)C(C)CO)c1ccc2c(c1)CCCC2. The lowest BCUT2D eigenvalue weighted by atomic mass is 9.89. The Morgan fingerprint density at radius 1 is 1.29 bits per heavy atom. The monoisotopic (exact) mass is 290 g/mol. The smallest absolute Gasteiger partial charge is 0.317 e. The standard InChI is InChI=1S/C17H26N2O2/c1-12(11-20)19(3)17(21)18-13(2)15-9-8-14-6-4-5-7-16(14)10-15/h8-10,12-13,20H,4-7,11H2,1-3H3,(H,18,21). The molecule has 2 atom stereocenters. The summed E-state index contributed by atoms with van der Waals surface area (Å²) in [5.74, 6) is 0. The maximum absolute atomic E-state index is 12.1. The first kappa shape index (κ1) is 15.8. The van der Waals surface area contributed by atoms with Gasteiger partial charge in [0.1, 0.15) is 0 Å². The molecule has 0 heterocycles. The first-order chi connectivity index (χ1) is 10.0. The topological polar surface area (TPSA) is 52.6 Å². The van der Waals surface area contributed by atoms with Crippen molar-refractivity contribution in [1.82, 2.24) is 10.2 Å².